The average molecular weight is 300 g/mol. The van der Waals surface area contributed by atoms with Gasteiger partial charge in [0, 0.05) is 20.3 Å². The third-order valence-electron chi connectivity index (χ3n) is 3.80. The van der Waals surface area contributed by atoms with E-state index in [1.807, 2.05) is 11.8 Å². The van der Waals surface area contributed by atoms with Crippen molar-refractivity contribution in [2.24, 2.45) is 0 Å². The molecule has 2 unspecified atom stereocenters. The molecule has 0 radical (unpaired) electrons. The van der Waals surface area contributed by atoms with Crippen molar-refractivity contribution >= 4 is 11.9 Å². The Morgan fingerprint density at radius 1 is 1.38 bits per heavy atom. The van der Waals surface area contributed by atoms with Crippen LogP contribution >= 0.6 is 0 Å². The van der Waals surface area contributed by atoms with Gasteiger partial charge in [0.1, 0.15) is 6.04 Å². The van der Waals surface area contributed by atoms with Crippen molar-refractivity contribution in [3.05, 3.63) is 0 Å². The Hall–Kier alpha value is -1.14. The molecular weight excluding hydrogens is 272 g/mol. The zero-order valence-corrected chi connectivity index (χ0v) is 13.4. The molecule has 6 heteroatoms. The Morgan fingerprint density at radius 2 is 2.14 bits per heavy atom. The Bertz CT molecular complexity index is 336. The fourth-order valence-corrected chi connectivity index (χ4v) is 2.64. The van der Waals surface area contributed by atoms with Crippen molar-refractivity contribution < 1.29 is 19.1 Å². The zero-order chi connectivity index (χ0) is 15.7. The minimum Gasteiger partial charge on any atom is -0.465 e. The van der Waals surface area contributed by atoms with Gasteiger partial charge in [-0.1, -0.05) is 6.42 Å². The van der Waals surface area contributed by atoms with Crippen LogP contribution in [0, 0.1) is 0 Å². The number of methoxy groups -OCH3 is 1. The molecule has 122 valence electrons. The summed E-state index contributed by atoms with van der Waals surface area (Å²) in [6, 6.07) is -0.610. The number of ether oxygens (including phenoxy) is 2. The predicted octanol–water partition coefficient (Wildman–Crippen LogP) is 0.945. The summed E-state index contributed by atoms with van der Waals surface area (Å²) < 4.78 is 10.1. The minimum atomic E-state index is -0.317. The standard InChI is InChI=1S/C15H28N2O4/c1-4-21-15(19)13-8-5-6-10-17(13)12(2)14(18)16-9-7-11-20-3/h12-13H,4-11H2,1-3H3,(H,16,18). The quantitative estimate of drug-likeness (QED) is 0.534. The lowest BCUT2D eigenvalue weighted by atomic mass is 10.00. The normalized spacial score (nSPS) is 20.8. The van der Waals surface area contributed by atoms with Crippen LogP contribution in [0.15, 0.2) is 0 Å². The van der Waals surface area contributed by atoms with Crippen LogP contribution in [0.5, 0.6) is 0 Å². The molecule has 0 aromatic carbocycles. The van der Waals surface area contributed by atoms with Gasteiger partial charge in [-0.15, -0.1) is 0 Å². The molecule has 1 aliphatic heterocycles. The van der Waals surface area contributed by atoms with Crippen LogP contribution in [0.4, 0.5) is 0 Å². The number of amides is 1. The van der Waals surface area contributed by atoms with Gasteiger partial charge in [0.25, 0.3) is 0 Å². The molecule has 0 aromatic heterocycles. The summed E-state index contributed by atoms with van der Waals surface area (Å²) in [5.74, 6) is -0.251. The average Bonchev–Trinajstić information content (AvgIpc) is 2.51. The van der Waals surface area contributed by atoms with Gasteiger partial charge in [-0.05, 0) is 39.7 Å². The summed E-state index contributed by atoms with van der Waals surface area (Å²) in [5, 5.41) is 2.89. The van der Waals surface area contributed by atoms with Crippen LogP contribution in [0.2, 0.25) is 0 Å². The van der Waals surface area contributed by atoms with Gasteiger partial charge in [0.2, 0.25) is 5.91 Å². The van der Waals surface area contributed by atoms with Gasteiger partial charge in [0.15, 0.2) is 0 Å². The monoisotopic (exact) mass is 300 g/mol. The topological polar surface area (TPSA) is 67.9 Å². The van der Waals surface area contributed by atoms with Crippen LogP contribution in [-0.4, -0.2) is 62.3 Å². The molecule has 0 spiro atoms. The third kappa shape index (κ3) is 5.63. The lowest BCUT2D eigenvalue weighted by molar-refractivity contribution is -0.153. The van der Waals surface area contributed by atoms with E-state index in [0.717, 1.165) is 32.2 Å². The fraction of sp³-hybridized carbons (Fsp3) is 0.867. The number of esters is 1. The first kappa shape index (κ1) is 17.9. The second kappa shape index (κ2) is 9.73. The van der Waals surface area contributed by atoms with Crippen LogP contribution in [0.1, 0.15) is 39.5 Å². The Morgan fingerprint density at radius 3 is 2.81 bits per heavy atom. The van der Waals surface area contributed by atoms with Gasteiger partial charge >= 0.3 is 5.97 Å². The van der Waals surface area contributed by atoms with E-state index in [-0.39, 0.29) is 24.0 Å². The largest absolute Gasteiger partial charge is 0.465 e. The number of piperidine rings is 1. The minimum absolute atomic E-state index is 0.0395. The number of nitrogens with zero attached hydrogens (tertiary/aromatic N) is 1. The second-order valence-corrected chi connectivity index (χ2v) is 5.31. The van der Waals surface area contributed by atoms with Crippen LogP contribution < -0.4 is 5.32 Å². The molecule has 2 atom stereocenters. The number of hydrogen-bond acceptors (Lipinski definition) is 5. The molecule has 21 heavy (non-hydrogen) atoms. The maximum atomic E-state index is 12.2. The molecule has 1 amide bonds. The van der Waals surface area contributed by atoms with Crippen molar-refractivity contribution in [3.8, 4) is 0 Å². The highest BCUT2D eigenvalue weighted by Crippen LogP contribution is 2.21. The van der Waals surface area contributed by atoms with Gasteiger partial charge in [-0.2, -0.15) is 0 Å². The number of likely N-dealkylation sites (tertiary alicyclic amines) is 1. The van der Waals surface area contributed by atoms with Crippen molar-refractivity contribution in [1.82, 2.24) is 10.2 Å². The molecule has 0 aliphatic carbocycles. The number of carbonyl (C=O) groups excluding carboxylic acids is 2. The van der Waals surface area contributed by atoms with Crippen LogP contribution in [0.25, 0.3) is 0 Å². The first-order chi connectivity index (χ1) is 10.1. The van der Waals surface area contributed by atoms with E-state index >= 15 is 0 Å². The van der Waals surface area contributed by atoms with E-state index in [1.54, 1.807) is 14.0 Å². The van der Waals surface area contributed by atoms with Gasteiger partial charge < -0.3 is 14.8 Å². The highest BCUT2D eigenvalue weighted by molar-refractivity contribution is 5.83. The molecule has 0 bridgehead atoms. The molecule has 1 N–H and O–H groups in total. The first-order valence-electron chi connectivity index (χ1n) is 7.80. The molecular formula is C15H28N2O4. The summed E-state index contributed by atoms with van der Waals surface area (Å²) in [6.07, 6.45) is 3.57. The highest BCUT2D eigenvalue weighted by Gasteiger charge is 2.35. The second-order valence-electron chi connectivity index (χ2n) is 5.31. The van der Waals surface area contributed by atoms with E-state index in [2.05, 4.69) is 5.32 Å². The molecule has 0 saturated carbocycles. The van der Waals surface area contributed by atoms with Crippen LogP contribution in [-0.2, 0) is 19.1 Å². The Balaban J connectivity index is 2.53. The number of nitrogens with one attached hydrogen (secondary N) is 1. The van der Waals surface area contributed by atoms with Gasteiger partial charge in [0.05, 0.1) is 12.6 Å². The van der Waals surface area contributed by atoms with E-state index < -0.39 is 0 Å². The molecule has 0 aromatic rings. The molecule has 1 saturated heterocycles. The lowest BCUT2D eigenvalue weighted by Gasteiger charge is -2.37. The zero-order valence-electron chi connectivity index (χ0n) is 13.4. The molecule has 1 fully saturated rings. The number of carbonyl (C=O) groups is 2. The summed E-state index contributed by atoms with van der Waals surface area (Å²) in [5.41, 5.74) is 0. The van der Waals surface area contributed by atoms with E-state index in [9.17, 15) is 9.59 Å². The van der Waals surface area contributed by atoms with Crippen LogP contribution in [0.3, 0.4) is 0 Å². The summed E-state index contributed by atoms with van der Waals surface area (Å²) in [7, 11) is 1.64. The lowest BCUT2D eigenvalue weighted by Crippen LogP contribution is -2.54. The summed E-state index contributed by atoms with van der Waals surface area (Å²) in [4.78, 5) is 26.2. The van der Waals surface area contributed by atoms with Gasteiger partial charge in [-0.25, -0.2) is 0 Å². The first-order valence-corrected chi connectivity index (χ1v) is 7.80. The smallest absolute Gasteiger partial charge is 0.323 e. The summed E-state index contributed by atoms with van der Waals surface area (Å²) in [6.45, 7) is 6.01. The summed E-state index contributed by atoms with van der Waals surface area (Å²) >= 11 is 0. The molecule has 6 nitrogen and oxygen atoms in total. The van der Waals surface area contributed by atoms with Gasteiger partial charge in [-0.3, -0.25) is 14.5 Å². The van der Waals surface area contributed by atoms with E-state index in [4.69, 9.17) is 9.47 Å². The third-order valence-corrected chi connectivity index (χ3v) is 3.80. The molecule has 1 aliphatic rings. The van der Waals surface area contributed by atoms with Crippen molar-refractivity contribution in [3.63, 3.8) is 0 Å². The van der Waals surface area contributed by atoms with Crippen molar-refractivity contribution in [1.29, 1.82) is 0 Å². The SMILES string of the molecule is CCOC(=O)C1CCCCN1C(C)C(=O)NCCCOC. The molecule has 1 heterocycles. The maximum absolute atomic E-state index is 12.2. The van der Waals surface area contributed by atoms with Crippen molar-refractivity contribution in [2.75, 3.05) is 33.4 Å². The number of hydrogen-bond donors (Lipinski definition) is 1. The predicted molar refractivity (Wildman–Crippen MR) is 79.9 cm³/mol. The number of rotatable bonds is 8. The fourth-order valence-electron chi connectivity index (χ4n) is 2.64. The Kier molecular flexibility index (Phi) is 8.30. The molecule has 1 rings (SSSR count). The maximum Gasteiger partial charge on any atom is 0.323 e. The van der Waals surface area contributed by atoms with E-state index in [0.29, 0.717) is 19.8 Å². The highest BCUT2D eigenvalue weighted by atomic mass is 16.5. The van der Waals surface area contributed by atoms with Crippen molar-refractivity contribution in [2.45, 2.75) is 51.6 Å². The van der Waals surface area contributed by atoms with E-state index in [1.165, 1.54) is 0 Å². The Labute approximate surface area is 127 Å².